The minimum atomic E-state index is -5.08. The molecule has 9 nitrogen and oxygen atoms in total. The van der Waals surface area contributed by atoms with Gasteiger partial charge in [-0.05, 0) is 37.5 Å². The molecule has 2 aliphatic rings. The molecule has 3 atom stereocenters. The van der Waals surface area contributed by atoms with Crippen LogP contribution in [-0.2, 0) is 20.9 Å². The summed E-state index contributed by atoms with van der Waals surface area (Å²) in [4.78, 5) is 27.7. The smallest absolute Gasteiger partial charge is 0.475 e. The van der Waals surface area contributed by atoms with E-state index in [-0.39, 0.29) is 24.2 Å². The molecular formula is C20H22F3N3O6. The molecule has 1 amide bonds. The van der Waals surface area contributed by atoms with E-state index in [1.165, 1.54) is 6.20 Å². The zero-order valence-corrected chi connectivity index (χ0v) is 17.1. The van der Waals surface area contributed by atoms with Crippen molar-refractivity contribution >= 4 is 11.9 Å². The van der Waals surface area contributed by atoms with Crippen molar-refractivity contribution < 1.29 is 41.9 Å². The third kappa shape index (κ3) is 5.62. The predicted molar refractivity (Wildman–Crippen MR) is 102 cm³/mol. The Labute approximate surface area is 181 Å². The number of rotatable bonds is 4. The van der Waals surface area contributed by atoms with Gasteiger partial charge < -0.3 is 24.0 Å². The number of ether oxygens (including phenoxy) is 2. The lowest BCUT2D eigenvalue weighted by Gasteiger charge is -2.32. The first kappa shape index (κ1) is 23.7. The summed E-state index contributed by atoms with van der Waals surface area (Å²) in [5, 5.41) is 10.8. The van der Waals surface area contributed by atoms with E-state index < -0.39 is 12.1 Å². The third-order valence-electron chi connectivity index (χ3n) is 5.18. The Bertz CT molecular complexity index is 921. The summed E-state index contributed by atoms with van der Waals surface area (Å²) in [5.41, 5.74) is 1.57. The summed E-state index contributed by atoms with van der Waals surface area (Å²) in [5.74, 6) is -2.28. The molecule has 1 N–H and O–H groups in total. The Balaban J connectivity index is 0.000000360. The summed E-state index contributed by atoms with van der Waals surface area (Å²) < 4.78 is 48.8. The van der Waals surface area contributed by atoms with Crippen molar-refractivity contribution in [2.45, 2.75) is 50.8 Å². The van der Waals surface area contributed by atoms with Gasteiger partial charge in [-0.15, -0.1) is 0 Å². The minimum Gasteiger partial charge on any atom is -0.475 e. The molecule has 2 saturated heterocycles. The maximum atomic E-state index is 12.9. The first-order valence-corrected chi connectivity index (χ1v) is 9.83. The number of carboxylic acids is 1. The second-order valence-corrected chi connectivity index (χ2v) is 7.31. The number of nitrogens with zero attached hydrogens (tertiary/aromatic N) is 3. The van der Waals surface area contributed by atoms with Crippen LogP contribution in [0, 0.1) is 6.92 Å². The number of hydrogen-bond acceptors (Lipinski definition) is 7. The number of halogens is 3. The second kappa shape index (κ2) is 10.1. The minimum absolute atomic E-state index is 0.0398. The zero-order valence-electron chi connectivity index (χ0n) is 17.1. The fourth-order valence-electron chi connectivity index (χ4n) is 3.63. The van der Waals surface area contributed by atoms with Crippen molar-refractivity contribution in [1.82, 2.24) is 15.0 Å². The molecule has 4 rings (SSSR count). The number of carbonyl (C=O) groups excluding carboxylic acids is 1. The highest BCUT2D eigenvalue weighted by Crippen LogP contribution is 2.32. The van der Waals surface area contributed by atoms with Gasteiger partial charge in [-0.2, -0.15) is 13.2 Å². The lowest BCUT2D eigenvalue weighted by molar-refractivity contribution is -0.192. The molecule has 12 heteroatoms. The molecule has 2 aromatic heterocycles. The average Bonchev–Trinajstić information content (AvgIpc) is 3.36. The number of pyridine rings is 1. The van der Waals surface area contributed by atoms with Crippen LogP contribution >= 0.6 is 0 Å². The van der Waals surface area contributed by atoms with E-state index in [0.717, 1.165) is 18.4 Å². The molecule has 2 aromatic rings. The second-order valence-electron chi connectivity index (χ2n) is 7.31. The fraction of sp³-hybridized carbons (Fsp3) is 0.500. The van der Waals surface area contributed by atoms with Crippen LogP contribution in [0.4, 0.5) is 13.2 Å². The van der Waals surface area contributed by atoms with Gasteiger partial charge in [-0.1, -0.05) is 5.16 Å². The van der Waals surface area contributed by atoms with E-state index in [1.807, 2.05) is 17.0 Å². The van der Waals surface area contributed by atoms with Gasteiger partial charge in [0.25, 0.3) is 5.91 Å². The number of aromatic nitrogens is 2. The lowest BCUT2D eigenvalue weighted by atomic mass is 10.0. The average molecular weight is 457 g/mol. The number of fused-ring (bicyclic) bond motifs is 1. The number of alkyl halides is 3. The molecule has 174 valence electrons. The Hall–Kier alpha value is -2.99. The fourth-order valence-corrected chi connectivity index (χ4v) is 3.63. The van der Waals surface area contributed by atoms with Crippen LogP contribution in [0.2, 0.25) is 0 Å². The quantitative estimate of drug-likeness (QED) is 0.745. The summed E-state index contributed by atoms with van der Waals surface area (Å²) in [6, 6.07) is 3.90. The van der Waals surface area contributed by atoms with Gasteiger partial charge in [-0.3, -0.25) is 9.78 Å². The van der Waals surface area contributed by atoms with Gasteiger partial charge in [0, 0.05) is 19.0 Å². The monoisotopic (exact) mass is 457 g/mol. The van der Waals surface area contributed by atoms with Gasteiger partial charge in [0.15, 0.2) is 0 Å². The molecule has 0 bridgehead atoms. The van der Waals surface area contributed by atoms with Crippen molar-refractivity contribution in [3.05, 3.63) is 47.6 Å². The SMILES string of the molecule is Cc1oncc1C(=O)N1C[C@@H](OCc2ccncc2)[C@H]2OCCC[C@H]21.O=C(O)C(F)(F)F. The standard InChI is InChI=1S/C18H21N3O4.C2HF3O2/c1-12-14(9-20-25-12)18(22)21-10-16(17-15(21)3-2-8-23-17)24-11-13-4-6-19-7-5-13;3-2(4,5)1(6)7/h4-7,9,15-17H,2-3,8,10-11H2,1H3;(H,6,7)/t15-,16-,17+;/m1./s1. The van der Waals surface area contributed by atoms with Crippen molar-refractivity contribution in [2.75, 3.05) is 13.2 Å². The molecule has 2 aliphatic heterocycles. The zero-order chi connectivity index (χ0) is 23.3. The summed E-state index contributed by atoms with van der Waals surface area (Å²) in [7, 11) is 0. The Kier molecular flexibility index (Phi) is 7.46. The van der Waals surface area contributed by atoms with Crippen molar-refractivity contribution in [1.29, 1.82) is 0 Å². The third-order valence-corrected chi connectivity index (χ3v) is 5.18. The lowest BCUT2D eigenvalue weighted by Crippen LogP contribution is -2.43. The molecule has 0 radical (unpaired) electrons. The van der Waals surface area contributed by atoms with Crippen molar-refractivity contribution in [3.63, 3.8) is 0 Å². The van der Waals surface area contributed by atoms with E-state index in [9.17, 15) is 18.0 Å². The highest BCUT2D eigenvalue weighted by atomic mass is 19.4. The number of aryl methyl sites for hydroxylation is 1. The Morgan fingerprint density at radius 3 is 2.59 bits per heavy atom. The molecule has 2 fully saturated rings. The summed E-state index contributed by atoms with van der Waals surface area (Å²) in [6.45, 7) is 3.46. The molecule has 0 unspecified atom stereocenters. The number of likely N-dealkylation sites (tertiary alicyclic amines) is 1. The summed E-state index contributed by atoms with van der Waals surface area (Å²) >= 11 is 0. The van der Waals surface area contributed by atoms with Crippen LogP contribution in [0.1, 0.15) is 34.5 Å². The van der Waals surface area contributed by atoms with Crippen LogP contribution in [0.5, 0.6) is 0 Å². The van der Waals surface area contributed by atoms with E-state index in [2.05, 4.69) is 10.1 Å². The van der Waals surface area contributed by atoms with Crippen molar-refractivity contribution in [3.8, 4) is 0 Å². The number of carboxylic acid groups (broad SMARTS) is 1. The number of aliphatic carboxylic acids is 1. The number of hydrogen-bond donors (Lipinski definition) is 1. The van der Waals surface area contributed by atoms with E-state index in [1.54, 1.807) is 19.3 Å². The number of carbonyl (C=O) groups is 2. The normalized spacial score (nSPS) is 22.6. The molecule has 4 heterocycles. The number of amides is 1. The van der Waals surface area contributed by atoms with E-state index in [4.69, 9.17) is 23.9 Å². The molecule has 32 heavy (non-hydrogen) atoms. The first-order chi connectivity index (χ1) is 15.2. The van der Waals surface area contributed by atoms with Gasteiger partial charge >= 0.3 is 12.1 Å². The highest BCUT2D eigenvalue weighted by Gasteiger charge is 2.47. The van der Waals surface area contributed by atoms with Gasteiger partial charge in [-0.25, -0.2) is 4.79 Å². The molecular weight excluding hydrogens is 435 g/mol. The van der Waals surface area contributed by atoms with E-state index >= 15 is 0 Å². The summed E-state index contributed by atoms with van der Waals surface area (Å²) in [6.07, 6.45) is 1.56. The highest BCUT2D eigenvalue weighted by molar-refractivity contribution is 5.95. The van der Waals surface area contributed by atoms with Gasteiger partial charge in [0.1, 0.15) is 23.5 Å². The van der Waals surface area contributed by atoms with Gasteiger partial charge in [0.2, 0.25) is 0 Å². The Morgan fingerprint density at radius 2 is 2.00 bits per heavy atom. The van der Waals surface area contributed by atoms with Crippen LogP contribution < -0.4 is 0 Å². The van der Waals surface area contributed by atoms with Crippen LogP contribution in [0.3, 0.4) is 0 Å². The maximum Gasteiger partial charge on any atom is 0.490 e. The van der Waals surface area contributed by atoms with Gasteiger partial charge in [0.05, 0.1) is 25.4 Å². The largest absolute Gasteiger partial charge is 0.490 e. The predicted octanol–water partition coefficient (Wildman–Crippen LogP) is 2.60. The first-order valence-electron chi connectivity index (χ1n) is 9.83. The topological polar surface area (TPSA) is 115 Å². The van der Waals surface area contributed by atoms with Crippen LogP contribution in [0.15, 0.2) is 35.2 Å². The molecule has 0 saturated carbocycles. The van der Waals surface area contributed by atoms with Crippen molar-refractivity contribution in [2.24, 2.45) is 0 Å². The van der Waals surface area contributed by atoms with Crippen LogP contribution in [-0.4, -0.2) is 69.6 Å². The van der Waals surface area contributed by atoms with E-state index in [0.29, 0.717) is 31.1 Å². The van der Waals surface area contributed by atoms with Crippen LogP contribution in [0.25, 0.3) is 0 Å². The maximum absolute atomic E-state index is 12.9. The Morgan fingerprint density at radius 1 is 1.31 bits per heavy atom. The molecule has 0 spiro atoms. The molecule has 0 aromatic carbocycles. The molecule has 0 aliphatic carbocycles.